The van der Waals surface area contributed by atoms with Gasteiger partial charge in [0.25, 0.3) is 0 Å². The predicted octanol–water partition coefficient (Wildman–Crippen LogP) is 2.36. The molecule has 0 aliphatic heterocycles. The average Bonchev–Trinajstić information content (AvgIpc) is 1.64. The topological polar surface area (TPSA) is 0 Å². The van der Waals surface area contributed by atoms with Gasteiger partial charge in [-0.2, -0.15) is 0 Å². The van der Waals surface area contributed by atoms with Crippen LogP contribution in [0.15, 0.2) is 12.2 Å². The summed E-state index contributed by atoms with van der Waals surface area (Å²) in [5, 5.41) is 0. The molecule has 0 spiro atoms. The molecular formula is C7H12. The molecule has 0 N–H and O–H groups in total. The van der Waals surface area contributed by atoms with Crippen molar-refractivity contribution in [2.45, 2.75) is 26.2 Å². The maximum atomic E-state index is 7.32. The summed E-state index contributed by atoms with van der Waals surface area (Å²) in [4.78, 5) is 0. The first-order valence-corrected chi connectivity index (χ1v) is 2.88. The van der Waals surface area contributed by atoms with Crippen LogP contribution in [-0.2, 0) is 0 Å². The Balaban J connectivity index is 2.42. The Morgan fingerprint density at radius 3 is 3.00 bits per heavy atom. The molecule has 0 amide bonds. The minimum atomic E-state index is 0.0822. The largest absolute Gasteiger partial charge is 0.0885 e. The fraction of sp³-hybridized carbons (Fsp3) is 0.714. The molecule has 0 saturated carbocycles. The summed E-state index contributed by atoms with van der Waals surface area (Å²) < 4.78 is 7.32. The molecule has 0 aromatic carbocycles. The van der Waals surface area contributed by atoms with Crippen molar-refractivity contribution in [1.82, 2.24) is 0 Å². The lowest BCUT2D eigenvalue weighted by Crippen LogP contribution is -1.94. The summed E-state index contributed by atoms with van der Waals surface area (Å²) in [6, 6.07) is 0. The third-order valence-electron chi connectivity index (χ3n) is 1.35. The van der Waals surface area contributed by atoms with Crippen LogP contribution in [0.4, 0.5) is 0 Å². The zero-order valence-electron chi connectivity index (χ0n) is 5.72. The zero-order chi connectivity index (χ0) is 5.98. The van der Waals surface area contributed by atoms with Crippen molar-refractivity contribution in [1.29, 1.82) is 0 Å². The van der Waals surface area contributed by atoms with Gasteiger partial charge in [-0.15, -0.1) is 0 Å². The van der Waals surface area contributed by atoms with E-state index in [1.807, 2.05) is 6.08 Å². The summed E-state index contributed by atoms with van der Waals surface area (Å²) >= 11 is 0. The minimum absolute atomic E-state index is 0.0822. The van der Waals surface area contributed by atoms with Crippen LogP contribution in [0.5, 0.6) is 0 Å². The van der Waals surface area contributed by atoms with Crippen LogP contribution in [0.2, 0.25) is 0 Å². The monoisotopic (exact) mass is 97.1 g/mol. The summed E-state index contributed by atoms with van der Waals surface area (Å²) in [6.07, 6.45) is 6.41. The molecule has 1 aliphatic rings. The van der Waals surface area contributed by atoms with Crippen LogP contribution >= 0.6 is 0 Å². The highest BCUT2D eigenvalue weighted by Gasteiger charge is 2.00. The van der Waals surface area contributed by atoms with Crippen LogP contribution in [0.3, 0.4) is 0 Å². The fourth-order valence-corrected chi connectivity index (χ4v) is 0.814. The van der Waals surface area contributed by atoms with Gasteiger partial charge in [0.05, 0.1) is 0 Å². The lowest BCUT2D eigenvalue weighted by atomic mass is 9.97. The first kappa shape index (κ1) is 3.71. The molecule has 0 fully saturated rings. The molecule has 7 heavy (non-hydrogen) atoms. The average molecular weight is 97.2 g/mol. The van der Waals surface area contributed by atoms with E-state index in [0.29, 0.717) is 0 Å². The SMILES string of the molecule is [2H]C1C=CC[C@@H](C)C1. The van der Waals surface area contributed by atoms with E-state index in [1.54, 1.807) is 0 Å². The summed E-state index contributed by atoms with van der Waals surface area (Å²) in [5.74, 6) is 0.738. The van der Waals surface area contributed by atoms with Crippen LogP contribution in [0.1, 0.15) is 27.5 Å². The Kier molecular flexibility index (Phi) is 1.14. The van der Waals surface area contributed by atoms with Crippen molar-refractivity contribution < 1.29 is 1.37 Å². The molecule has 0 aromatic rings. The highest BCUT2D eigenvalue weighted by Crippen LogP contribution is 2.15. The standard InChI is InChI=1S/C7H12/c1-7-5-3-2-4-6-7/h2-3,7H,4-6H2,1H3/t7-/m1/s1/i4D/t4?,7-. The minimum Gasteiger partial charge on any atom is -0.0885 e. The van der Waals surface area contributed by atoms with Crippen LogP contribution in [0.25, 0.3) is 0 Å². The van der Waals surface area contributed by atoms with Gasteiger partial charge in [0.1, 0.15) is 0 Å². The predicted molar refractivity (Wildman–Crippen MR) is 32.2 cm³/mol. The van der Waals surface area contributed by atoms with Crippen molar-refractivity contribution in [3.05, 3.63) is 12.2 Å². The molecule has 0 nitrogen and oxygen atoms in total. The van der Waals surface area contributed by atoms with Gasteiger partial charge >= 0.3 is 0 Å². The highest BCUT2D eigenvalue weighted by molar-refractivity contribution is 4.88. The van der Waals surface area contributed by atoms with E-state index in [1.165, 1.54) is 6.42 Å². The number of rotatable bonds is 0. The Morgan fingerprint density at radius 1 is 1.71 bits per heavy atom. The molecule has 0 bridgehead atoms. The van der Waals surface area contributed by atoms with E-state index in [4.69, 9.17) is 1.37 Å². The van der Waals surface area contributed by atoms with E-state index in [2.05, 4.69) is 13.0 Å². The maximum absolute atomic E-state index is 7.32. The molecule has 1 aliphatic carbocycles. The van der Waals surface area contributed by atoms with Crippen molar-refractivity contribution in [3.8, 4) is 0 Å². The number of hydrogen-bond acceptors (Lipinski definition) is 0. The third-order valence-corrected chi connectivity index (χ3v) is 1.35. The number of hydrogen-bond donors (Lipinski definition) is 0. The van der Waals surface area contributed by atoms with Crippen LogP contribution in [0, 0.1) is 5.92 Å². The maximum Gasteiger partial charge on any atom is 0.0310 e. The molecule has 0 saturated heterocycles. The van der Waals surface area contributed by atoms with Gasteiger partial charge in [0.2, 0.25) is 0 Å². The van der Waals surface area contributed by atoms with Crippen molar-refractivity contribution in [2.75, 3.05) is 0 Å². The summed E-state index contributed by atoms with van der Waals surface area (Å²) in [5.41, 5.74) is 0. The second-order valence-corrected chi connectivity index (χ2v) is 2.24. The first-order chi connectivity index (χ1) is 3.79. The van der Waals surface area contributed by atoms with E-state index >= 15 is 0 Å². The van der Waals surface area contributed by atoms with E-state index in [0.717, 1.165) is 12.3 Å². The Bertz CT molecular complexity index is 96.6. The van der Waals surface area contributed by atoms with Crippen molar-refractivity contribution in [3.63, 3.8) is 0 Å². The first-order valence-electron chi connectivity index (χ1n) is 3.45. The van der Waals surface area contributed by atoms with E-state index in [-0.39, 0.29) is 6.40 Å². The molecule has 1 rings (SSSR count). The van der Waals surface area contributed by atoms with E-state index < -0.39 is 0 Å². The lowest BCUT2D eigenvalue weighted by molar-refractivity contribution is 0.527. The zero-order valence-corrected chi connectivity index (χ0v) is 4.72. The Labute approximate surface area is 46.6 Å². The molecule has 1 unspecified atom stereocenters. The van der Waals surface area contributed by atoms with Gasteiger partial charge in [-0.05, 0) is 25.2 Å². The molecule has 0 heterocycles. The number of allylic oxidation sites excluding steroid dienone is 2. The fourth-order valence-electron chi connectivity index (χ4n) is 0.814. The highest BCUT2D eigenvalue weighted by atomic mass is 14.1. The van der Waals surface area contributed by atoms with Gasteiger partial charge in [0, 0.05) is 1.37 Å². The van der Waals surface area contributed by atoms with E-state index in [9.17, 15) is 0 Å². The molecule has 2 atom stereocenters. The molecule has 0 radical (unpaired) electrons. The van der Waals surface area contributed by atoms with Gasteiger partial charge in [0.15, 0.2) is 0 Å². The van der Waals surface area contributed by atoms with Crippen LogP contribution < -0.4 is 0 Å². The quantitative estimate of drug-likeness (QED) is 0.407. The van der Waals surface area contributed by atoms with Crippen molar-refractivity contribution >= 4 is 0 Å². The van der Waals surface area contributed by atoms with Crippen molar-refractivity contribution in [2.24, 2.45) is 5.92 Å². The normalized spacial score (nSPS) is 43.3. The third kappa shape index (κ3) is 1.34. The van der Waals surface area contributed by atoms with Gasteiger partial charge in [-0.25, -0.2) is 0 Å². The second kappa shape index (κ2) is 2.15. The summed E-state index contributed by atoms with van der Waals surface area (Å²) in [7, 11) is 0. The van der Waals surface area contributed by atoms with Gasteiger partial charge in [-0.1, -0.05) is 19.1 Å². The molecular weight excluding hydrogens is 84.1 g/mol. The van der Waals surface area contributed by atoms with Gasteiger partial charge in [-0.3, -0.25) is 0 Å². The molecule has 40 valence electrons. The van der Waals surface area contributed by atoms with Crippen LogP contribution in [-0.4, -0.2) is 0 Å². The Morgan fingerprint density at radius 2 is 2.57 bits per heavy atom. The summed E-state index contributed by atoms with van der Waals surface area (Å²) in [6.45, 7) is 2.20. The smallest absolute Gasteiger partial charge is 0.0310 e. The molecule has 0 heteroatoms. The lowest BCUT2D eigenvalue weighted by Gasteiger charge is -2.09. The second-order valence-electron chi connectivity index (χ2n) is 2.24. The molecule has 0 aromatic heterocycles. The van der Waals surface area contributed by atoms with Gasteiger partial charge < -0.3 is 0 Å². The Hall–Kier alpha value is -0.260.